The van der Waals surface area contributed by atoms with Gasteiger partial charge in [-0.1, -0.05) is 33.8 Å². The summed E-state index contributed by atoms with van der Waals surface area (Å²) in [7, 11) is 3.31. The van der Waals surface area contributed by atoms with E-state index in [1.165, 1.54) is 6.33 Å². The van der Waals surface area contributed by atoms with Gasteiger partial charge in [-0.25, -0.2) is 4.68 Å². The minimum Gasteiger partial charge on any atom is -0.493 e. The van der Waals surface area contributed by atoms with Crippen LogP contribution in [0.1, 0.15) is 52.5 Å². The van der Waals surface area contributed by atoms with Gasteiger partial charge in [0, 0.05) is 38.6 Å². The summed E-state index contributed by atoms with van der Waals surface area (Å²) in [6, 6.07) is 5.55. The van der Waals surface area contributed by atoms with Gasteiger partial charge in [-0.05, 0) is 65.1 Å². The lowest BCUT2D eigenvalue weighted by molar-refractivity contribution is -0.127. The number of aliphatic hydroxyl groups excluding tert-OH is 1. The van der Waals surface area contributed by atoms with Gasteiger partial charge in [0.2, 0.25) is 5.91 Å². The van der Waals surface area contributed by atoms with Crippen molar-refractivity contribution < 1.29 is 24.1 Å². The number of nitrogens with zero attached hydrogens (tertiary/aromatic N) is 4. The molecule has 0 bridgehead atoms. The zero-order valence-electron chi connectivity index (χ0n) is 24.4. The molecule has 0 unspecified atom stereocenters. The summed E-state index contributed by atoms with van der Waals surface area (Å²) in [6.07, 6.45) is 3.24. The number of carbonyl (C=O) groups excluding carboxylic acids is 1. The molecule has 39 heavy (non-hydrogen) atoms. The molecule has 11 heteroatoms. The van der Waals surface area contributed by atoms with Gasteiger partial charge in [-0.2, -0.15) is 0 Å². The van der Waals surface area contributed by atoms with Crippen LogP contribution in [0.4, 0.5) is 0 Å². The zero-order valence-corrected chi connectivity index (χ0v) is 24.4. The van der Waals surface area contributed by atoms with E-state index in [-0.39, 0.29) is 23.7 Å². The van der Waals surface area contributed by atoms with Crippen LogP contribution in [-0.4, -0.2) is 77.3 Å². The second-order valence-electron chi connectivity index (χ2n) is 10.8. The molecule has 0 spiro atoms. The molecular formula is C28H48N6O5. The Morgan fingerprint density at radius 3 is 2.49 bits per heavy atom. The smallest absolute Gasteiger partial charge is 0.223 e. The summed E-state index contributed by atoms with van der Waals surface area (Å²) in [5.74, 6) is 1.61. The molecule has 4 N–H and O–H groups in total. The van der Waals surface area contributed by atoms with E-state index < -0.39 is 12.1 Å². The van der Waals surface area contributed by atoms with Crippen molar-refractivity contribution in [2.45, 2.75) is 72.1 Å². The molecule has 1 heterocycles. The minimum atomic E-state index is -0.792. The Bertz CT molecular complexity index is 956. The van der Waals surface area contributed by atoms with E-state index in [2.05, 4.69) is 34.7 Å². The first kappa shape index (κ1) is 32.5. The van der Waals surface area contributed by atoms with Crippen molar-refractivity contribution in [3.63, 3.8) is 0 Å². The molecule has 1 aromatic heterocycles. The van der Waals surface area contributed by atoms with Gasteiger partial charge < -0.3 is 30.4 Å². The van der Waals surface area contributed by atoms with Crippen LogP contribution in [0.5, 0.6) is 11.5 Å². The van der Waals surface area contributed by atoms with Gasteiger partial charge in [0.05, 0.1) is 26.4 Å². The molecule has 2 aromatic rings. The molecule has 0 fully saturated rings. The van der Waals surface area contributed by atoms with Crippen molar-refractivity contribution in [3.8, 4) is 11.5 Å². The highest BCUT2D eigenvalue weighted by Gasteiger charge is 2.29. The van der Waals surface area contributed by atoms with Crippen LogP contribution in [0.3, 0.4) is 0 Å². The van der Waals surface area contributed by atoms with Crippen molar-refractivity contribution in [2.75, 3.05) is 34.0 Å². The number of nitrogens with two attached hydrogens (primary N) is 1. The Labute approximate surface area is 232 Å². The number of carbonyl (C=O) groups is 1. The first-order valence-corrected chi connectivity index (χ1v) is 13.9. The lowest BCUT2D eigenvalue weighted by atomic mass is 9.81. The molecule has 0 saturated heterocycles. The monoisotopic (exact) mass is 548 g/mol. The van der Waals surface area contributed by atoms with Gasteiger partial charge in [0.15, 0.2) is 11.5 Å². The quantitative estimate of drug-likeness (QED) is 0.225. The predicted molar refractivity (Wildman–Crippen MR) is 149 cm³/mol. The van der Waals surface area contributed by atoms with Gasteiger partial charge in [-0.3, -0.25) is 4.79 Å². The van der Waals surface area contributed by atoms with E-state index >= 15 is 0 Å². The van der Waals surface area contributed by atoms with Crippen LogP contribution < -0.4 is 20.5 Å². The SMILES string of the molecule is COCCCOc1cc(C[C@@H](C[C@H](N)[C@@H](O)C[C@H](C(=O)NCCn2cnnn2)C(C)C)C(C)C)ccc1OC. The highest BCUT2D eigenvalue weighted by molar-refractivity contribution is 5.78. The number of amides is 1. The normalized spacial score (nSPS) is 14.7. The average molecular weight is 549 g/mol. The molecular weight excluding hydrogens is 500 g/mol. The van der Waals surface area contributed by atoms with E-state index in [0.29, 0.717) is 56.6 Å². The molecule has 1 aromatic carbocycles. The highest BCUT2D eigenvalue weighted by Crippen LogP contribution is 2.31. The maximum absolute atomic E-state index is 12.9. The van der Waals surface area contributed by atoms with Crippen LogP contribution >= 0.6 is 0 Å². The van der Waals surface area contributed by atoms with Crippen molar-refractivity contribution in [3.05, 3.63) is 30.1 Å². The molecule has 0 aliphatic heterocycles. The second-order valence-corrected chi connectivity index (χ2v) is 10.8. The number of aliphatic hydroxyl groups is 1. The summed E-state index contributed by atoms with van der Waals surface area (Å²) in [6.45, 7) is 10.4. The van der Waals surface area contributed by atoms with Crippen LogP contribution in [0, 0.1) is 23.7 Å². The number of hydrogen-bond acceptors (Lipinski definition) is 9. The minimum absolute atomic E-state index is 0.0578. The molecule has 0 radical (unpaired) electrons. The first-order valence-electron chi connectivity index (χ1n) is 13.9. The molecule has 0 aliphatic carbocycles. The lowest BCUT2D eigenvalue weighted by Gasteiger charge is -2.30. The summed E-state index contributed by atoms with van der Waals surface area (Å²) in [4.78, 5) is 12.9. The third kappa shape index (κ3) is 11.1. The number of nitrogens with one attached hydrogen (secondary N) is 1. The van der Waals surface area contributed by atoms with Crippen LogP contribution in [0.2, 0.25) is 0 Å². The maximum atomic E-state index is 12.9. The Morgan fingerprint density at radius 2 is 1.87 bits per heavy atom. The van der Waals surface area contributed by atoms with E-state index in [1.807, 2.05) is 32.0 Å². The van der Waals surface area contributed by atoms with Crippen molar-refractivity contribution in [2.24, 2.45) is 29.4 Å². The maximum Gasteiger partial charge on any atom is 0.223 e. The highest BCUT2D eigenvalue weighted by atomic mass is 16.5. The van der Waals surface area contributed by atoms with Gasteiger partial charge >= 0.3 is 0 Å². The standard InChI is InChI=1S/C28H48N6O5/c1-19(2)22(14-21-8-9-26(38-6)27(15-21)39-13-7-12-37-5)16-24(29)25(35)17-23(20(3)4)28(36)30-10-11-34-18-31-32-33-34/h8-9,15,18-20,22-25,35H,7,10-14,16-17,29H2,1-6H3,(H,30,36)/t22-,23-,24-,25-/m0/s1. The number of benzene rings is 1. The molecule has 1 amide bonds. The predicted octanol–water partition coefficient (Wildman–Crippen LogP) is 2.47. The van der Waals surface area contributed by atoms with Crippen LogP contribution in [0.25, 0.3) is 0 Å². The summed E-state index contributed by atoms with van der Waals surface area (Å²) in [5, 5.41) is 24.9. The van der Waals surface area contributed by atoms with E-state index in [4.69, 9.17) is 19.9 Å². The third-order valence-corrected chi connectivity index (χ3v) is 7.16. The van der Waals surface area contributed by atoms with E-state index in [9.17, 15) is 9.90 Å². The fourth-order valence-corrected chi connectivity index (χ4v) is 4.57. The first-order chi connectivity index (χ1) is 18.7. The average Bonchev–Trinajstić information content (AvgIpc) is 3.42. The number of aromatic nitrogens is 4. The Kier molecular flexibility index (Phi) is 14.2. The molecule has 220 valence electrons. The number of rotatable bonds is 19. The Balaban J connectivity index is 1.97. The van der Waals surface area contributed by atoms with Crippen LogP contribution in [-0.2, 0) is 22.5 Å². The number of ether oxygens (including phenoxy) is 3. The molecule has 2 rings (SSSR count). The molecule has 4 atom stereocenters. The van der Waals surface area contributed by atoms with E-state index in [1.54, 1.807) is 18.9 Å². The number of tetrazole rings is 1. The fraction of sp³-hybridized carbons (Fsp3) is 0.714. The number of hydrogen-bond donors (Lipinski definition) is 3. The Hall–Kier alpha value is -2.76. The molecule has 0 saturated carbocycles. The number of methoxy groups -OCH3 is 2. The van der Waals surface area contributed by atoms with Crippen molar-refractivity contribution in [1.82, 2.24) is 25.5 Å². The fourth-order valence-electron chi connectivity index (χ4n) is 4.57. The second kappa shape index (κ2) is 17.0. The summed E-state index contributed by atoms with van der Waals surface area (Å²) >= 11 is 0. The van der Waals surface area contributed by atoms with E-state index in [0.717, 1.165) is 18.4 Å². The Morgan fingerprint density at radius 1 is 1.10 bits per heavy atom. The van der Waals surface area contributed by atoms with Gasteiger partial charge in [0.25, 0.3) is 0 Å². The summed E-state index contributed by atoms with van der Waals surface area (Å²) < 4.78 is 18.1. The largest absolute Gasteiger partial charge is 0.493 e. The molecule has 0 aliphatic rings. The van der Waals surface area contributed by atoms with Crippen molar-refractivity contribution in [1.29, 1.82) is 0 Å². The van der Waals surface area contributed by atoms with Crippen LogP contribution in [0.15, 0.2) is 24.5 Å². The third-order valence-electron chi connectivity index (χ3n) is 7.16. The van der Waals surface area contributed by atoms with Crippen molar-refractivity contribution >= 4 is 5.91 Å². The molecule has 11 nitrogen and oxygen atoms in total. The lowest BCUT2D eigenvalue weighted by Crippen LogP contribution is -2.43. The topological polar surface area (TPSA) is 147 Å². The summed E-state index contributed by atoms with van der Waals surface area (Å²) in [5.41, 5.74) is 7.65. The zero-order chi connectivity index (χ0) is 28.8. The van der Waals surface area contributed by atoms with Gasteiger partial charge in [-0.15, -0.1) is 5.10 Å². The van der Waals surface area contributed by atoms with Gasteiger partial charge in [0.1, 0.15) is 6.33 Å².